The third-order valence-electron chi connectivity index (χ3n) is 3.95. The summed E-state index contributed by atoms with van der Waals surface area (Å²) in [4.78, 5) is 22.1. The minimum absolute atomic E-state index is 0.192. The number of amides is 1. The van der Waals surface area contributed by atoms with Crippen LogP contribution in [0.1, 0.15) is 29.0 Å². The summed E-state index contributed by atoms with van der Waals surface area (Å²) in [7, 11) is 0. The molecular weight excluding hydrogens is 294 g/mol. The van der Waals surface area contributed by atoms with Crippen LogP contribution in [-0.4, -0.2) is 43.9 Å². The van der Waals surface area contributed by atoms with Gasteiger partial charge in [-0.1, -0.05) is 12.1 Å². The lowest BCUT2D eigenvalue weighted by Crippen LogP contribution is -2.35. The minimum Gasteiger partial charge on any atom is -0.325 e. The fraction of sp³-hybridized carbons (Fsp3) is 0.312. The number of H-pyrrole nitrogens is 1. The Labute approximate surface area is 132 Å². The van der Waals surface area contributed by atoms with Crippen molar-refractivity contribution in [1.82, 2.24) is 24.8 Å². The lowest BCUT2D eigenvalue weighted by molar-refractivity contribution is -0.144. The van der Waals surface area contributed by atoms with Crippen LogP contribution in [0.4, 0.5) is 0 Å². The first-order valence-corrected chi connectivity index (χ1v) is 7.70. The van der Waals surface area contributed by atoms with E-state index >= 15 is 0 Å². The van der Waals surface area contributed by atoms with Crippen LogP contribution < -0.4 is 0 Å². The zero-order chi connectivity index (χ0) is 15.6. The van der Waals surface area contributed by atoms with Crippen molar-refractivity contribution in [3.05, 3.63) is 48.0 Å². The van der Waals surface area contributed by atoms with Crippen LogP contribution in [0.15, 0.2) is 36.7 Å². The second-order valence-electron chi connectivity index (χ2n) is 5.59. The van der Waals surface area contributed by atoms with Gasteiger partial charge in [-0.15, -0.1) is 0 Å². The molecule has 1 fully saturated rings. The predicted octanol–water partition coefficient (Wildman–Crippen LogP) is 1.98. The summed E-state index contributed by atoms with van der Waals surface area (Å²) < 4.78 is 2.02. The molecule has 1 aliphatic heterocycles. The predicted molar refractivity (Wildman–Crippen MR) is 83.6 cm³/mol. The van der Waals surface area contributed by atoms with E-state index in [9.17, 15) is 4.79 Å². The molecule has 118 valence electrons. The fourth-order valence-electron chi connectivity index (χ4n) is 2.76. The first kappa shape index (κ1) is 14.0. The molecule has 0 bridgehead atoms. The second kappa shape index (κ2) is 5.85. The SMILES string of the molecule is O=C(c1cc(Cn2cnc3ccccc32)[nH]n1)N1CCCCO1. The van der Waals surface area contributed by atoms with Crippen LogP contribution in [0.5, 0.6) is 0 Å². The first-order valence-electron chi connectivity index (χ1n) is 7.70. The highest BCUT2D eigenvalue weighted by atomic mass is 16.7. The Morgan fingerprint density at radius 2 is 2.22 bits per heavy atom. The summed E-state index contributed by atoms with van der Waals surface area (Å²) in [5.41, 5.74) is 3.24. The molecule has 23 heavy (non-hydrogen) atoms. The first-order chi connectivity index (χ1) is 11.3. The summed E-state index contributed by atoms with van der Waals surface area (Å²) >= 11 is 0. The molecule has 7 heteroatoms. The normalized spacial score (nSPS) is 15.2. The van der Waals surface area contributed by atoms with Gasteiger partial charge in [-0.3, -0.25) is 14.7 Å². The van der Waals surface area contributed by atoms with Gasteiger partial charge in [0.15, 0.2) is 5.69 Å². The van der Waals surface area contributed by atoms with Crippen molar-refractivity contribution in [3.8, 4) is 0 Å². The number of carbonyl (C=O) groups is 1. The summed E-state index contributed by atoms with van der Waals surface area (Å²) in [6.07, 6.45) is 3.74. The number of imidazole rings is 1. The second-order valence-corrected chi connectivity index (χ2v) is 5.59. The van der Waals surface area contributed by atoms with Crippen LogP contribution in [0.25, 0.3) is 11.0 Å². The molecule has 0 saturated carbocycles. The van der Waals surface area contributed by atoms with Crippen LogP contribution in [0.3, 0.4) is 0 Å². The third-order valence-corrected chi connectivity index (χ3v) is 3.95. The van der Waals surface area contributed by atoms with Crippen molar-refractivity contribution < 1.29 is 9.63 Å². The van der Waals surface area contributed by atoms with E-state index in [1.807, 2.05) is 28.8 Å². The number of carbonyl (C=O) groups excluding carboxylic acids is 1. The number of benzene rings is 1. The molecule has 2 aromatic heterocycles. The lowest BCUT2D eigenvalue weighted by atomic mass is 10.2. The van der Waals surface area contributed by atoms with E-state index in [4.69, 9.17) is 4.84 Å². The number of hydroxylamine groups is 2. The van der Waals surface area contributed by atoms with Gasteiger partial charge in [0.2, 0.25) is 0 Å². The minimum atomic E-state index is -0.192. The van der Waals surface area contributed by atoms with Crippen molar-refractivity contribution in [2.45, 2.75) is 19.4 Å². The van der Waals surface area contributed by atoms with Crippen LogP contribution in [0, 0.1) is 0 Å². The summed E-state index contributed by atoms with van der Waals surface area (Å²) in [6.45, 7) is 1.79. The lowest BCUT2D eigenvalue weighted by Gasteiger charge is -2.24. The molecule has 1 saturated heterocycles. The molecule has 0 unspecified atom stereocenters. The Kier molecular flexibility index (Phi) is 3.55. The summed E-state index contributed by atoms with van der Waals surface area (Å²) in [6, 6.07) is 9.71. The van der Waals surface area contributed by atoms with E-state index in [2.05, 4.69) is 15.2 Å². The molecule has 0 spiro atoms. The van der Waals surface area contributed by atoms with E-state index < -0.39 is 0 Å². The Hall–Kier alpha value is -2.67. The van der Waals surface area contributed by atoms with Gasteiger partial charge in [0.05, 0.1) is 36.2 Å². The Bertz CT molecular complexity index is 832. The number of aromatic nitrogens is 4. The third kappa shape index (κ3) is 2.70. The van der Waals surface area contributed by atoms with Crippen molar-refractivity contribution in [2.24, 2.45) is 0 Å². The molecule has 0 atom stereocenters. The number of nitrogens with zero attached hydrogens (tertiary/aromatic N) is 4. The monoisotopic (exact) mass is 311 g/mol. The maximum absolute atomic E-state index is 12.3. The van der Waals surface area contributed by atoms with Gasteiger partial charge < -0.3 is 4.57 Å². The van der Waals surface area contributed by atoms with E-state index in [0.29, 0.717) is 25.4 Å². The topological polar surface area (TPSA) is 76.0 Å². The zero-order valence-corrected chi connectivity index (χ0v) is 12.6. The highest BCUT2D eigenvalue weighted by Gasteiger charge is 2.21. The van der Waals surface area contributed by atoms with E-state index in [0.717, 1.165) is 29.6 Å². The van der Waals surface area contributed by atoms with Gasteiger partial charge in [0.1, 0.15) is 0 Å². The molecule has 0 radical (unpaired) electrons. The van der Waals surface area contributed by atoms with Gasteiger partial charge in [-0.25, -0.2) is 10.0 Å². The molecule has 1 aromatic carbocycles. The van der Waals surface area contributed by atoms with E-state index in [1.165, 1.54) is 5.06 Å². The van der Waals surface area contributed by atoms with Gasteiger partial charge >= 0.3 is 0 Å². The molecule has 4 rings (SSSR count). The number of aromatic amines is 1. The number of nitrogens with one attached hydrogen (secondary N) is 1. The molecule has 7 nitrogen and oxygen atoms in total. The number of fused-ring (bicyclic) bond motifs is 1. The Morgan fingerprint density at radius 3 is 3.09 bits per heavy atom. The van der Waals surface area contributed by atoms with E-state index in [1.54, 1.807) is 12.4 Å². The number of hydrogen-bond acceptors (Lipinski definition) is 4. The molecule has 0 aliphatic carbocycles. The van der Waals surface area contributed by atoms with Gasteiger partial charge in [-0.05, 0) is 31.0 Å². The van der Waals surface area contributed by atoms with Crippen molar-refractivity contribution >= 4 is 16.9 Å². The average molecular weight is 311 g/mol. The van der Waals surface area contributed by atoms with E-state index in [-0.39, 0.29) is 5.91 Å². The zero-order valence-electron chi connectivity index (χ0n) is 12.6. The molecule has 1 aliphatic rings. The largest absolute Gasteiger partial charge is 0.325 e. The molecule has 1 amide bonds. The van der Waals surface area contributed by atoms with Crippen molar-refractivity contribution in [2.75, 3.05) is 13.2 Å². The van der Waals surface area contributed by atoms with Gasteiger partial charge in [0, 0.05) is 6.54 Å². The van der Waals surface area contributed by atoms with Gasteiger partial charge in [-0.2, -0.15) is 5.10 Å². The maximum atomic E-state index is 12.3. The number of rotatable bonds is 3. The smallest absolute Gasteiger partial charge is 0.297 e. The van der Waals surface area contributed by atoms with Crippen molar-refractivity contribution in [1.29, 1.82) is 0 Å². The molecular formula is C16H17N5O2. The quantitative estimate of drug-likeness (QED) is 0.802. The van der Waals surface area contributed by atoms with Gasteiger partial charge in [0.25, 0.3) is 5.91 Å². The standard InChI is InChI=1S/C16H17N5O2/c22-16(21-7-3-4-8-23-21)14-9-12(18-19-14)10-20-11-17-13-5-1-2-6-15(13)20/h1-2,5-6,9,11H,3-4,7-8,10H2,(H,18,19). The van der Waals surface area contributed by atoms with Crippen LogP contribution in [-0.2, 0) is 11.4 Å². The Balaban J connectivity index is 1.52. The fourth-order valence-corrected chi connectivity index (χ4v) is 2.76. The number of hydrogen-bond donors (Lipinski definition) is 1. The molecule has 3 heterocycles. The highest BCUT2D eigenvalue weighted by molar-refractivity contribution is 5.91. The molecule has 1 N–H and O–H groups in total. The van der Waals surface area contributed by atoms with Crippen molar-refractivity contribution in [3.63, 3.8) is 0 Å². The number of para-hydroxylation sites is 2. The summed E-state index contributed by atoms with van der Waals surface area (Å²) in [5, 5.41) is 8.45. The van der Waals surface area contributed by atoms with Crippen LogP contribution >= 0.6 is 0 Å². The maximum Gasteiger partial charge on any atom is 0.297 e. The highest BCUT2D eigenvalue weighted by Crippen LogP contribution is 2.15. The van der Waals surface area contributed by atoms with Crippen LogP contribution in [0.2, 0.25) is 0 Å². The summed E-state index contributed by atoms with van der Waals surface area (Å²) in [5.74, 6) is -0.192. The molecule has 3 aromatic rings. The average Bonchev–Trinajstić information content (AvgIpc) is 3.23. The Morgan fingerprint density at radius 1 is 1.30 bits per heavy atom.